The molecule has 190 valence electrons. The van der Waals surface area contributed by atoms with Crippen LogP contribution in [0.1, 0.15) is 16.9 Å². The molecule has 5 aromatic rings. The van der Waals surface area contributed by atoms with Crippen molar-refractivity contribution in [3.05, 3.63) is 83.4 Å². The summed E-state index contributed by atoms with van der Waals surface area (Å²) in [7, 11) is 1.98. The molecule has 5 rings (SSSR count). The summed E-state index contributed by atoms with van der Waals surface area (Å²) in [4.78, 5) is 11.8. The minimum atomic E-state index is -4.69. The average molecular weight is 523 g/mol. The molecular weight excluding hydrogens is 497 g/mol. The highest BCUT2D eigenvalue weighted by Crippen LogP contribution is 2.31. The topological polar surface area (TPSA) is 52.0 Å². The Morgan fingerprint density at radius 3 is 2.32 bits per heavy atom. The van der Waals surface area contributed by atoms with Gasteiger partial charge in [0.15, 0.2) is 5.82 Å². The number of hydrogen-bond acceptors (Lipinski definition) is 5. The maximum atomic E-state index is 12.4. The minimum absolute atomic E-state index is 0.227. The molecule has 0 unspecified atom stereocenters. The predicted molar refractivity (Wildman–Crippen MR) is 142 cm³/mol. The second-order valence-electron chi connectivity index (χ2n) is 8.78. The van der Waals surface area contributed by atoms with Crippen LogP contribution in [0.25, 0.3) is 32.9 Å². The molecule has 0 amide bonds. The highest BCUT2D eigenvalue weighted by Gasteiger charge is 2.30. The third-order valence-electron chi connectivity index (χ3n) is 6.00. The molecule has 3 aromatic heterocycles. The van der Waals surface area contributed by atoms with Gasteiger partial charge in [-0.05, 0) is 66.8 Å². The first kappa shape index (κ1) is 24.8. The van der Waals surface area contributed by atoms with Crippen molar-refractivity contribution in [2.75, 3.05) is 11.9 Å². The van der Waals surface area contributed by atoms with Crippen molar-refractivity contribution in [2.24, 2.45) is 7.05 Å². The first-order chi connectivity index (χ1) is 17.7. The summed E-state index contributed by atoms with van der Waals surface area (Å²) in [5, 5.41) is 4.54. The fourth-order valence-electron chi connectivity index (χ4n) is 4.20. The number of aryl methyl sites for hydroxylation is 3. The molecule has 0 aliphatic rings. The van der Waals surface area contributed by atoms with Crippen LogP contribution in [0.15, 0.2) is 72.9 Å². The van der Waals surface area contributed by atoms with Crippen LogP contribution in [-0.2, 0) is 13.5 Å². The van der Waals surface area contributed by atoms with E-state index in [-0.39, 0.29) is 5.75 Å². The van der Waals surface area contributed by atoms with Gasteiger partial charge in [-0.3, -0.25) is 0 Å². The quantitative estimate of drug-likeness (QED) is 0.213. The number of nitrogens with one attached hydrogen (secondary N) is 1. The van der Waals surface area contributed by atoms with E-state index in [0.717, 1.165) is 52.2 Å². The van der Waals surface area contributed by atoms with Crippen LogP contribution < -0.4 is 10.1 Å². The van der Waals surface area contributed by atoms with Gasteiger partial charge in [0.25, 0.3) is 0 Å². The van der Waals surface area contributed by atoms with Crippen molar-refractivity contribution in [2.45, 2.75) is 26.1 Å². The Morgan fingerprint density at radius 2 is 1.68 bits per heavy atom. The van der Waals surface area contributed by atoms with Gasteiger partial charge in [0.1, 0.15) is 16.4 Å². The molecule has 0 aliphatic carbocycles. The number of benzene rings is 2. The van der Waals surface area contributed by atoms with Crippen molar-refractivity contribution in [1.82, 2.24) is 14.5 Å². The number of rotatable bonds is 8. The van der Waals surface area contributed by atoms with Crippen molar-refractivity contribution in [1.29, 1.82) is 0 Å². The zero-order valence-corrected chi connectivity index (χ0v) is 21.2. The van der Waals surface area contributed by atoms with Gasteiger partial charge < -0.3 is 14.6 Å². The molecule has 0 bridgehead atoms. The molecule has 0 radical (unpaired) electrons. The zero-order valence-electron chi connectivity index (χ0n) is 20.3. The van der Waals surface area contributed by atoms with Crippen LogP contribution in [0.5, 0.6) is 5.75 Å². The van der Waals surface area contributed by atoms with E-state index in [2.05, 4.69) is 23.0 Å². The maximum Gasteiger partial charge on any atom is 0.573 e. The molecule has 0 fully saturated rings. The normalized spacial score (nSPS) is 11.7. The lowest BCUT2D eigenvalue weighted by Gasteiger charge is -2.10. The molecule has 2 aromatic carbocycles. The number of alkyl halides is 3. The Balaban J connectivity index is 1.21. The lowest BCUT2D eigenvalue weighted by Crippen LogP contribution is -2.16. The predicted octanol–water partition coefficient (Wildman–Crippen LogP) is 7.62. The third-order valence-corrected chi connectivity index (χ3v) is 6.94. The average Bonchev–Trinajstić information content (AvgIpc) is 3.46. The van der Waals surface area contributed by atoms with Crippen molar-refractivity contribution < 1.29 is 17.9 Å². The fourth-order valence-corrected chi connectivity index (χ4v) is 5.08. The Labute approximate surface area is 216 Å². The molecule has 37 heavy (non-hydrogen) atoms. The Morgan fingerprint density at radius 1 is 0.973 bits per heavy atom. The summed E-state index contributed by atoms with van der Waals surface area (Å²) in [6.07, 6.45) is -0.910. The lowest BCUT2D eigenvalue weighted by atomic mass is 10.0. The van der Waals surface area contributed by atoms with E-state index in [1.165, 1.54) is 22.6 Å². The van der Waals surface area contributed by atoms with Gasteiger partial charge in [-0.1, -0.05) is 36.4 Å². The SMILES string of the molecule is Cc1cc2c(NCCCc3ccc(-c4ccc(OC(F)(F)F)cc4)cc3)nc(-c3cccn3C)nc2s1. The van der Waals surface area contributed by atoms with E-state index >= 15 is 0 Å². The highest BCUT2D eigenvalue weighted by atomic mass is 32.1. The summed E-state index contributed by atoms with van der Waals surface area (Å²) in [6.45, 7) is 2.84. The molecule has 0 spiro atoms. The number of fused-ring (bicyclic) bond motifs is 1. The first-order valence-corrected chi connectivity index (χ1v) is 12.7. The van der Waals surface area contributed by atoms with E-state index in [4.69, 9.17) is 9.97 Å². The van der Waals surface area contributed by atoms with Gasteiger partial charge >= 0.3 is 6.36 Å². The van der Waals surface area contributed by atoms with Crippen LogP contribution in [0, 0.1) is 6.92 Å². The standard InChI is InChI=1S/C28H25F3N4OS/c1-18-17-23-25(33-26(34-27(23)37-18)24-6-4-16-35(24)2)32-15-3-5-19-7-9-20(10-8-19)21-11-13-22(14-12-21)36-28(29,30)31/h4,6-14,16-17H,3,5,15H2,1-2H3,(H,32,33,34). The van der Waals surface area contributed by atoms with Crippen molar-refractivity contribution in [3.8, 4) is 28.4 Å². The van der Waals surface area contributed by atoms with E-state index in [1.54, 1.807) is 23.5 Å². The fraction of sp³-hybridized carbons (Fsp3) is 0.214. The van der Waals surface area contributed by atoms with E-state index in [0.29, 0.717) is 5.82 Å². The van der Waals surface area contributed by atoms with E-state index < -0.39 is 6.36 Å². The Hall–Kier alpha value is -3.85. The molecule has 0 aliphatic heterocycles. The Bertz CT molecular complexity index is 1510. The number of halogens is 3. The molecule has 3 heterocycles. The van der Waals surface area contributed by atoms with Crippen LogP contribution in [0.2, 0.25) is 0 Å². The lowest BCUT2D eigenvalue weighted by molar-refractivity contribution is -0.274. The Kier molecular flexibility index (Phi) is 6.88. The van der Waals surface area contributed by atoms with Gasteiger partial charge in [-0.15, -0.1) is 24.5 Å². The van der Waals surface area contributed by atoms with Crippen LogP contribution in [0.4, 0.5) is 19.0 Å². The summed E-state index contributed by atoms with van der Waals surface area (Å²) in [5.74, 6) is 1.33. The summed E-state index contributed by atoms with van der Waals surface area (Å²) < 4.78 is 43.0. The zero-order chi connectivity index (χ0) is 26.0. The molecule has 5 nitrogen and oxygen atoms in total. The molecule has 0 saturated carbocycles. The van der Waals surface area contributed by atoms with Crippen molar-refractivity contribution in [3.63, 3.8) is 0 Å². The summed E-state index contributed by atoms with van der Waals surface area (Å²) in [6, 6.07) is 20.1. The number of thiophene rings is 1. The minimum Gasteiger partial charge on any atom is -0.406 e. The van der Waals surface area contributed by atoms with Gasteiger partial charge in [-0.2, -0.15) is 0 Å². The van der Waals surface area contributed by atoms with Crippen LogP contribution >= 0.6 is 11.3 Å². The number of hydrogen-bond donors (Lipinski definition) is 1. The molecule has 0 saturated heterocycles. The van der Waals surface area contributed by atoms with Crippen LogP contribution in [0.3, 0.4) is 0 Å². The smallest absolute Gasteiger partial charge is 0.406 e. The van der Waals surface area contributed by atoms with Crippen molar-refractivity contribution >= 4 is 27.4 Å². The molecule has 9 heteroatoms. The third kappa shape index (κ3) is 5.94. The second-order valence-corrected chi connectivity index (χ2v) is 10.0. The molecule has 1 N–H and O–H groups in total. The van der Waals surface area contributed by atoms with Crippen LogP contribution in [-0.4, -0.2) is 27.4 Å². The molecule has 0 atom stereocenters. The second kappa shape index (κ2) is 10.3. The number of aromatic nitrogens is 3. The van der Waals surface area contributed by atoms with Gasteiger partial charge in [-0.25, -0.2) is 9.97 Å². The largest absolute Gasteiger partial charge is 0.573 e. The van der Waals surface area contributed by atoms with Gasteiger partial charge in [0.05, 0.1) is 11.1 Å². The van der Waals surface area contributed by atoms with Gasteiger partial charge in [0, 0.05) is 24.7 Å². The van der Waals surface area contributed by atoms with E-state index in [9.17, 15) is 13.2 Å². The maximum absolute atomic E-state index is 12.4. The number of anilines is 1. The monoisotopic (exact) mass is 522 g/mol. The summed E-state index contributed by atoms with van der Waals surface area (Å²) in [5.41, 5.74) is 3.92. The number of nitrogens with zero attached hydrogens (tertiary/aromatic N) is 3. The molecular formula is C28H25F3N4OS. The van der Waals surface area contributed by atoms with E-state index in [1.807, 2.05) is 54.2 Å². The first-order valence-electron chi connectivity index (χ1n) is 11.8. The summed E-state index contributed by atoms with van der Waals surface area (Å²) >= 11 is 1.66. The van der Waals surface area contributed by atoms with Gasteiger partial charge in [0.2, 0.25) is 0 Å². The highest BCUT2D eigenvalue weighted by molar-refractivity contribution is 7.18. The number of ether oxygens (including phenoxy) is 1.